The Bertz CT molecular complexity index is 744. The Morgan fingerprint density at radius 3 is 2.92 bits per heavy atom. The van der Waals surface area contributed by atoms with Crippen LogP contribution in [0.4, 0.5) is 5.69 Å². The van der Waals surface area contributed by atoms with Gasteiger partial charge in [-0.25, -0.2) is 15.0 Å². The molecule has 4 atom stereocenters. The molecule has 0 radical (unpaired) electrons. The maximum atomic E-state index is 4.45. The molecular weight excluding hydrogens is 298 g/mol. The number of para-hydroxylation sites is 1. The summed E-state index contributed by atoms with van der Waals surface area (Å²) in [7, 11) is 2.16. The molecule has 1 saturated heterocycles. The topological polar surface area (TPSA) is 42.9 Å². The van der Waals surface area contributed by atoms with Gasteiger partial charge in [0.2, 0.25) is 0 Å². The second kappa shape index (κ2) is 5.66. The molecule has 124 valence electrons. The average Bonchev–Trinajstić information content (AvgIpc) is 3.11. The number of nitrogens with zero attached hydrogens (tertiary/aromatic N) is 3. The minimum Gasteiger partial charge on any atom is -0.379 e. The van der Waals surface area contributed by atoms with Crippen LogP contribution in [0.5, 0.6) is 0 Å². The summed E-state index contributed by atoms with van der Waals surface area (Å²) in [6.45, 7) is 5.37. The third-order valence-corrected chi connectivity index (χ3v) is 5.47. The standard InChI is InChI=1S/C19H23N5/c1-14-16(22-15-7-5-4-6-8-15)13-24(23(14)3)17-9-11-20-18-19(17,2)10-12-21-18/h4-9,11,14,16-17,22H,13H2,1-3H3,(H,20,21)/t14?,16-,17?,19?/m0/s1. The molecule has 3 unspecified atom stereocenters. The molecule has 0 amide bonds. The number of likely N-dealkylation sites (N-methyl/N-ethyl adjacent to an activating group) is 1. The van der Waals surface area contributed by atoms with E-state index in [1.165, 1.54) is 5.69 Å². The lowest BCUT2D eigenvalue weighted by Gasteiger charge is -2.40. The van der Waals surface area contributed by atoms with Gasteiger partial charge in [-0.15, -0.1) is 0 Å². The first kappa shape index (κ1) is 15.3. The predicted octanol–water partition coefficient (Wildman–Crippen LogP) is 1.88. The van der Waals surface area contributed by atoms with Crippen LogP contribution in [0, 0.1) is 17.4 Å². The molecule has 0 aromatic heterocycles. The van der Waals surface area contributed by atoms with Crippen molar-refractivity contribution in [1.82, 2.24) is 15.3 Å². The van der Waals surface area contributed by atoms with Crippen molar-refractivity contribution >= 4 is 11.5 Å². The smallest absolute Gasteiger partial charge is 0.133 e. The minimum atomic E-state index is -0.273. The molecule has 1 aromatic carbocycles. The normalized spacial score (nSPS) is 35.0. The summed E-state index contributed by atoms with van der Waals surface area (Å²) in [6.07, 6.45) is 4.05. The summed E-state index contributed by atoms with van der Waals surface area (Å²) in [6, 6.07) is 14.4. The van der Waals surface area contributed by atoms with Crippen molar-refractivity contribution in [1.29, 1.82) is 0 Å². The fraction of sp³-hybridized carbons (Fsp3) is 0.421. The molecule has 4 rings (SSSR count). The van der Waals surface area contributed by atoms with Crippen molar-refractivity contribution in [2.24, 2.45) is 10.4 Å². The second-order valence-corrected chi connectivity index (χ2v) is 6.89. The number of hydrogen-bond donors (Lipinski definition) is 2. The third-order valence-electron chi connectivity index (χ3n) is 5.47. The van der Waals surface area contributed by atoms with Gasteiger partial charge in [-0.05, 0) is 32.1 Å². The van der Waals surface area contributed by atoms with E-state index in [9.17, 15) is 0 Å². The van der Waals surface area contributed by atoms with E-state index >= 15 is 0 Å². The number of fused-ring (bicyclic) bond motifs is 1. The van der Waals surface area contributed by atoms with Crippen LogP contribution in [0.25, 0.3) is 0 Å². The Kier molecular flexibility index (Phi) is 3.60. The molecule has 1 fully saturated rings. The van der Waals surface area contributed by atoms with Gasteiger partial charge < -0.3 is 10.6 Å². The maximum Gasteiger partial charge on any atom is 0.133 e. The number of aliphatic imine (C=N–C) groups is 1. The molecule has 3 aliphatic heterocycles. The van der Waals surface area contributed by atoms with Crippen LogP contribution in [0.1, 0.15) is 13.8 Å². The molecule has 1 aromatic rings. The van der Waals surface area contributed by atoms with E-state index in [1.807, 2.05) is 12.3 Å². The van der Waals surface area contributed by atoms with Gasteiger partial charge in [-0.1, -0.05) is 24.1 Å². The summed E-state index contributed by atoms with van der Waals surface area (Å²) in [4.78, 5) is 4.45. The first-order valence-corrected chi connectivity index (χ1v) is 8.44. The third kappa shape index (κ3) is 2.31. The summed E-state index contributed by atoms with van der Waals surface area (Å²) in [5, 5.41) is 11.5. The van der Waals surface area contributed by atoms with Crippen molar-refractivity contribution in [2.75, 3.05) is 18.9 Å². The predicted molar refractivity (Wildman–Crippen MR) is 97.2 cm³/mol. The van der Waals surface area contributed by atoms with Gasteiger partial charge in [-0.2, -0.15) is 0 Å². The van der Waals surface area contributed by atoms with E-state index in [4.69, 9.17) is 0 Å². The molecule has 0 saturated carbocycles. The lowest BCUT2D eigenvalue weighted by molar-refractivity contribution is -0.0138. The Morgan fingerprint density at radius 2 is 2.12 bits per heavy atom. The van der Waals surface area contributed by atoms with Gasteiger partial charge in [0.25, 0.3) is 0 Å². The number of anilines is 1. The number of hydrogen-bond acceptors (Lipinski definition) is 5. The molecular formula is C19H23N5. The van der Waals surface area contributed by atoms with Crippen LogP contribution in [0.3, 0.4) is 0 Å². The first-order valence-electron chi connectivity index (χ1n) is 8.44. The number of benzene rings is 1. The van der Waals surface area contributed by atoms with E-state index in [-0.39, 0.29) is 11.5 Å². The van der Waals surface area contributed by atoms with Gasteiger partial charge in [0.1, 0.15) is 11.3 Å². The van der Waals surface area contributed by atoms with Gasteiger partial charge in [0.15, 0.2) is 0 Å². The lowest BCUT2D eigenvalue weighted by Crippen LogP contribution is -2.54. The zero-order valence-corrected chi connectivity index (χ0v) is 14.3. The highest BCUT2D eigenvalue weighted by Gasteiger charge is 2.48. The molecule has 24 heavy (non-hydrogen) atoms. The largest absolute Gasteiger partial charge is 0.379 e. The Morgan fingerprint density at radius 1 is 1.33 bits per heavy atom. The van der Waals surface area contributed by atoms with Crippen molar-refractivity contribution in [2.45, 2.75) is 32.0 Å². The van der Waals surface area contributed by atoms with E-state index in [0.29, 0.717) is 12.1 Å². The van der Waals surface area contributed by atoms with Crippen molar-refractivity contribution in [3.8, 4) is 12.0 Å². The molecule has 3 heterocycles. The molecule has 5 heteroatoms. The monoisotopic (exact) mass is 321 g/mol. The van der Waals surface area contributed by atoms with Gasteiger partial charge in [0, 0.05) is 37.6 Å². The first-order chi connectivity index (χ1) is 11.6. The highest BCUT2D eigenvalue weighted by atomic mass is 15.7. The SMILES string of the molecule is CC1[C@@H](Nc2ccccc2)CN(C2C=CN=C3NC#CC32C)N1C. The Labute approximate surface area is 143 Å². The molecule has 0 spiro atoms. The number of amidine groups is 1. The summed E-state index contributed by atoms with van der Waals surface area (Å²) in [5.41, 5.74) is 0.893. The highest BCUT2D eigenvalue weighted by Crippen LogP contribution is 2.36. The quantitative estimate of drug-likeness (QED) is 0.835. The molecule has 0 bridgehead atoms. The fourth-order valence-corrected chi connectivity index (χ4v) is 3.78. The van der Waals surface area contributed by atoms with E-state index in [1.54, 1.807) is 0 Å². The van der Waals surface area contributed by atoms with Crippen molar-refractivity contribution in [3.05, 3.63) is 42.6 Å². The zero-order valence-electron chi connectivity index (χ0n) is 14.3. The van der Waals surface area contributed by atoms with Crippen LogP contribution in [0.2, 0.25) is 0 Å². The number of rotatable bonds is 3. The van der Waals surface area contributed by atoms with Crippen LogP contribution in [-0.4, -0.2) is 47.6 Å². The van der Waals surface area contributed by atoms with Crippen LogP contribution in [0.15, 0.2) is 47.6 Å². The number of nitrogens with one attached hydrogen (secondary N) is 2. The van der Waals surface area contributed by atoms with Crippen molar-refractivity contribution in [3.63, 3.8) is 0 Å². The molecule has 3 aliphatic rings. The second-order valence-electron chi connectivity index (χ2n) is 6.89. The van der Waals surface area contributed by atoms with Crippen LogP contribution in [-0.2, 0) is 0 Å². The highest BCUT2D eigenvalue weighted by molar-refractivity contribution is 5.96. The Hall–Kier alpha value is -2.29. The van der Waals surface area contributed by atoms with E-state index < -0.39 is 0 Å². The van der Waals surface area contributed by atoms with Gasteiger partial charge in [0.05, 0.1) is 12.1 Å². The van der Waals surface area contributed by atoms with Crippen molar-refractivity contribution < 1.29 is 0 Å². The molecule has 2 N–H and O–H groups in total. The molecule has 5 nitrogen and oxygen atoms in total. The summed E-state index contributed by atoms with van der Waals surface area (Å²) in [5.74, 6) is 4.26. The zero-order chi connectivity index (χ0) is 16.7. The van der Waals surface area contributed by atoms with E-state index in [0.717, 1.165) is 12.4 Å². The fourth-order valence-electron chi connectivity index (χ4n) is 3.78. The lowest BCUT2D eigenvalue weighted by atomic mass is 9.81. The summed E-state index contributed by atoms with van der Waals surface area (Å²) >= 11 is 0. The van der Waals surface area contributed by atoms with Crippen LogP contribution < -0.4 is 10.6 Å². The maximum absolute atomic E-state index is 4.45. The number of hydrazine groups is 1. The average molecular weight is 321 g/mol. The molecule has 0 aliphatic carbocycles. The summed E-state index contributed by atoms with van der Waals surface area (Å²) < 4.78 is 0. The Balaban J connectivity index is 1.56. The van der Waals surface area contributed by atoms with Crippen LogP contribution >= 0.6 is 0 Å². The minimum absolute atomic E-state index is 0.183. The van der Waals surface area contributed by atoms with Gasteiger partial charge >= 0.3 is 0 Å². The van der Waals surface area contributed by atoms with Gasteiger partial charge in [-0.3, -0.25) is 0 Å². The van der Waals surface area contributed by atoms with E-state index in [2.05, 4.69) is 88.8 Å².